The Hall–Kier alpha value is -3.29. The van der Waals surface area contributed by atoms with Crippen molar-refractivity contribution >= 4 is 50.1 Å². The van der Waals surface area contributed by atoms with E-state index >= 15 is 0 Å². The van der Waals surface area contributed by atoms with E-state index in [2.05, 4.69) is 15.9 Å². The van der Waals surface area contributed by atoms with Crippen LogP contribution in [-0.2, 0) is 6.54 Å². The average Bonchev–Trinajstić information content (AvgIpc) is 3.25. The second-order valence-corrected chi connectivity index (χ2v) is 9.39. The third-order valence-corrected chi connectivity index (χ3v) is 6.47. The molecule has 0 atom stereocenters. The molecule has 0 aliphatic carbocycles. The van der Waals surface area contributed by atoms with E-state index in [4.69, 9.17) is 30.8 Å². The molecular formula is C27H22BrClN2O4. The van der Waals surface area contributed by atoms with Crippen molar-refractivity contribution in [2.45, 2.75) is 13.0 Å². The third kappa shape index (κ3) is 5.06. The number of allylic oxidation sites excluding steroid dienone is 1. The fourth-order valence-corrected chi connectivity index (χ4v) is 4.64. The SMILES string of the molecule is COc1cc(C=C2CCn3c2nc2ccc(Cl)cc2c3=O)ccc1OCCOc1cccc(Br)c1. The van der Waals surface area contributed by atoms with Gasteiger partial charge in [0.1, 0.15) is 24.8 Å². The number of nitrogens with zero attached hydrogens (tertiary/aromatic N) is 2. The van der Waals surface area contributed by atoms with Crippen LogP contribution in [0.2, 0.25) is 5.02 Å². The van der Waals surface area contributed by atoms with E-state index in [-0.39, 0.29) is 5.56 Å². The summed E-state index contributed by atoms with van der Waals surface area (Å²) in [6.07, 6.45) is 2.76. The summed E-state index contributed by atoms with van der Waals surface area (Å²) in [6.45, 7) is 1.37. The Morgan fingerprint density at radius 1 is 1.06 bits per heavy atom. The van der Waals surface area contributed by atoms with Gasteiger partial charge in [-0.25, -0.2) is 4.98 Å². The number of fused-ring (bicyclic) bond motifs is 2. The van der Waals surface area contributed by atoms with Crippen molar-refractivity contribution in [2.24, 2.45) is 0 Å². The molecule has 0 unspecified atom stereocenters. The highest BCUT2D eigenvalue weighted by atomic mass is 79.9. The van der Waals surface area contributed by atoms with Gasteiger partial charge < -0.3 is 14.2 Å². The summed E-state index contributed by atoms with van der Waals surface area (Å²) in [6, 6.07) is 18.6. The molecule has 1 aromatic heterocycles. The maximum absolute atomic E-state index is 12.9. The van der Waals surface area contributed by atoms with Crippen LogP contribution in [0.3, 0.4) is 0 Å². The average molecular weight is 554 g/mol. The van der Waals surface area contributed by atoms with Crippen LogP contribution in [-0.4, -0.2) is 29.9 Å². The molecule has 2 heterocycles. The van der Waals surface area contributed by atoms with E-state index in [1.54, 1.807) is 29.9 Å². The number of hydrogen-bond acceptors (Lipinski definition) is 5. The van der Waals surface area contributed by atoms with Crippen molar-refractivity contribution in [3.05, 3.63) is 91.9 Å². The van der Waals surface area contributed by atoms with Gasteiger partial charge in [-0.15, -0.1) is 0 Å². The Morgan fingerprint density at radius 2 is 1.91 bits per heavy atom. The number of ether oxygens (including phenoxy) is 3. The van der Waals surface area contributed by atoms with Crippen LogP contribution < -0.4 is 19.8 Å². The van der Waals surface area contributed by atoms with Gasteiger partial charge in [-0.2, -0.15) is 0 Å². The van der Waals surface area contributed by atoms with E-state index < -0.39 is 0 Å². The standard InChI is InChI=1S/C27H22BrClN2O4/c1-33-25-14-17(5-8-24(25)35-12-11-34-21-4-2-3-19(28)15-21)13-18-9-10-31-26(18)30-23-7-6-20(29)16-22(23)27(31)32/h2-8,13-16H,9-12H2,1H3. The van der Waals surface area contributed by atoms with Gasteiger partial charge in [-0.1, -0.05) is 39.7 Å². The van der Waals surface area contributed by atoms with Crippen molar-refractivity contribution in [3.8, 4) is 17.2 Å². The van der Waals surface area contributed by atoms with Crippen molar-refractivity contribution in [3.63, 3.8) is 0 Å². The zero-order valence-corrected chi connectivity index (χ0v) is 21.3. The smallest absolute Gasteiger partial charge is 0.261 e. The van der Waals surface area contributed by atoms with Crippen LogP contribution in [0, 0.1) is 0 Å². The molecule has 0 fully saturated rings. The molecule has 0 N–H and O–H groups in total. The molecule has 4 aromatic rings. The van der Waals surface area contributed by atoms with Crippen molar-refractivity contribution < 1.29 is 14.2 Å². The molecule has 0 spiro atoms. The number of benzene rings is 3. The number of methoxy groups -OCH3 is 1. The summed E-state index contributed by atoms with van der Waals surface area (Å²) >= 11 is 9.51. The molecule has 5 rings (SSSR count). The molecule has 3 aromatic carbocycles. The predicted octanol–water partition coefficient (Wildman–Crippen LogP) is 6.22. The first-order chi connectivity index (χ1) is 17.0. The summed E-state index contributed by atoms with van der Waals surface area (Å²) in [5.74, 6) is 2.72. The highest BCUT2D eigenvalue weighted by Crippen LogP contribution is 2.32. The van der Waals surface area contributed by atoms with Crippen molar-refractivity contribution in [1.82, 2.24) is 9.55 Å². The lowest BCUT2D eigenvalue weighted by Gasteiger charge is -2.12. The Morgan fingerprint density at radius 3 is 2.74 bits per heavy atom. The van der Waals surface area contributed by atoms with Crippen LogP contribution in [0.15, 0.2) is 69.9 Å². The summed E-state index contributed by atoms with van der Waals surface area (Å²) in [5, 5.41) is 1.06. The minimum atomic E-state index is -0.0673. The van der Waals surface area contributed by atoms with Crippen LogP contribution in [0.5, 0.6) is 17.2 Å². The Kier molecular flexibility index (Phi) is 6.79. The highest BCUT2D eigenvalue weighted by Gasteiger charge is 2.21. The molecule has 1 aliphatic rings. The molecule has 1 aliphatic heterocycles. The molecule has 0 saturated carbocycles. The maximum Gasteiger partial charge on any atom is 0.261 e. The van der Waals surface area contributed by atoms with Crippen LogP contribution in [0.4, 0.5) is 0 Å². The summed E-state index contributed by atoms with van der Waals surface area (Å²) in [4.78, 5) is 17.7. The number of rotatable bonds is 7. The molecule has 35 heavy (non-hydrogen) atoms. The fourth-order valence-electron chi connectivity index (χ4n) is 4.09. The van der Waals surface area contributed by atoms with Crippen LogP contribution in [0.25, 0.3) is 22.6 Å². The van der Waals surface area contributed by atoms with E-state index in [9.17, 15) is 4.79 Å². The minimum Gasteiger partial charge on any atom is -0.493 e. The van der Waals surface area contributed by atoms with Crippen LogP contribution in [0.1, 0.15) is 17.8 Å². The molecule has 0 radical (unpaired) electrons. The number of hydrogen-bond donors (Lipinski definition) is 0. The molecule has 0 saturated heterocycles. The predicted molar refractivity (Wildman–Crippen MR) is 142 cm³/mol. The lowest BCUT2D eigenvalue weighted by molar-refractivity contribution is 0.211. The largest absolute Gasteiger partial charge is 0.493 e. The van der Waals surface area contributed by atoms with E-state index in [0.717, 1.165) is 27.8 Å². The second-order valence-electron chi connectivity index (χ2n) is 8.04. The lowest BCUT2D eigenvalue weighted by atomic mass is 10.1. The summed E-state index contributed by atoms with van der Waals surface area (Å²) in [5.41, 5.74) is 2.51. The van der Waals surface area contributed by atoms with Gasteiger partial charge in [-0.3, -0.25) is 9.36 Å². The van der Waals surface area contributed by atoms with Gasteiger partial charge in [-0.05, 0) is 72.2 Å². The zero-order chi connectivity index (χ0) is 24.4. The van der Waals surface area contributed by atoms with Gasteiger partial charge in [0.25, 0.3) is 5.56 Å². The van der Waals surface area contributed by atoms with Gasteiger partial charge in [0, 0.05) is 16.0 Å². The van der Waals surface area contributed by atoms with E-state index in [1.807, 2.05) is 48.5 Å². The Bertz CT molecular complexity index is 1500. The summed E-state index contributed by atoms with van der Waals surface area (Å²) < 4.78 is 19.8. The molecule has 178 valence electrons. The van der Waals surface area contributed by atoms with E-state index in [0.29, 0.717) is 53.0 Å². The third-order valence-electron chi connectivity index (χ3n) is 5.74. The quantitative estimate of drug-likeness (QED) is 0.254. The minimum absolute atomic E-state index is 0.0673. The monoisotopic (exact) mass is 552 g/mol. The van der Waals surface area contributed by atoms with Crippen molar-refractivity contribution in [1.29, 1.82) is 0 Å². The molecule has 6 nitrogen and oxygen atoms in total. The number of halogens is 2. The van der Waals surface area contributed by atoms with Gasteiger partial charge >= 0.3 is 0 Å². The first-order valence-electron chi connectivity index (χ1n) is 11.1. The normalized spacial score (nSPS) is 13.7. The van der Waals surface area contributed by atoms with Gasteiger partial charge in [0.15, 0.2) is 11.5 Å². The molecule has 8 heteroatoms. The van der Waals surface area contributed by atoms with Gasteiger partial charge in [0.2, 0.25) is 0 Å². The van der Waals surface area contributed by atoms with E-state index in [1.165, 1.54) is 0 Å². The first kappa shape index (κ1) is 23.5. The zero-order valence-electron chi connectivity index (χ0n) is 19.0. The molecule has 0 bridgehead atoms. The fraction of sp³-hybridized carbons (Fsp3) is 0.185. The van der Waals surface area contributed by atoms with Crippen molar-refractivity contribution in [2.75, 3.05) is 20.3 Å². The topological polar surface area (TPSA) is 62.6 Å². The number of aromatic nitrogens is 2. The molecular weight excluding hydrogens is 532 g/mol. The van der Waals surface area contributed by atoms with Gasteiger partial charge in [0.05, 0.1) is 18.0 Å². The molecule has 0 amide bonds. The maximum atomic E-state index is 12.9. The van der Waals surface area contributed by atoms with Crippen LogP contribution >= 0.6 is 27.5 Å². The Labute approximate surface area is 215 Å². The second kappa shape index (κ2) is 10.1. The summed E-state index contributed by atoms with van der Waals surface area (Å²) in [7, 11) is 1.61. The highest BCUT2D eigenvalue weighted by molar-refractivity contribution is 9.10. The lowest BCUT2D eigenvalue weighted by Crippen LogP contribution is -2.20. The Balaban J connectivity index is 1.33. The first-order valence-corrected chi connectivity index (χ1v) is 12.3.